The molecular weight excluding hydrogens is 216 g/mol. The lowest BCUT2D eigenvalue weighted by atomic mass is 9.99. The molecule has 0 radical (unpaired) electrons. The molecule has 3 nitrogen and oxygen atoms in total. The highest BCUT2D eigenvalue weighted by atomic mass is 16.1. The molecule has 0 aliphatic heterocycles. The topological polar surface area (TPSA) is 51.2 Å². The van der Waals surface area contributed by atoms with E-state index < -0.39 is 0 Å². The van der Waals surface area contributed by atoms with E-state index in [9.17, 15) is 14.4 Å². The zero-order valence-electron chi connectivity index (χ0n) is 11.4. The molecule has 0 rings (SSSR count). The van der Waals surface area contributed by atoms with Gasteiger partial charge >= 0.3 is 0 Å². The van der Waals surface area contributed by atoms with E-state index in [2.05, 4.69) is 13.8 Å². The maximum atomic E-state index is 11.5. The molecule has 0 aromatic heterocycles. The predicted octanol–water partition coefficient (Wildman–Crippen LogP) is 2.96. The van der Waals surface area contributed by atoms with Crippen LogP contribution in [-0.2, 0) is 14.4 Å². The lowest BCUT2D eigenvalue weighted by Gasteiger charge is -2.04. The standard InChI is InChI=1S/C14H24O3/c1-10(2)5-6-12(15)9-13(16)7-8-14(17)11(3)4/h10-11H,5-9H2,1-4H3. The third kappa shape index (κ3) is 8.78. The fraction of sp³-hybridized carbons (Fsp3) is 0.786. The number of carbonyl (C=O) groups excluding carboxylic acids is 3. The number of ketones is 3. The van der Waals surface area contributed by atoms with Crippen LogP contribution in [0.1, 0.15) is 59.8 Å². The molecule has 3 heteroatoms. The van der Waals surface area contributed by atoms with E-state index in [0.29, 0.717) is 12.3 Å². The first-order chi connectivity index (χ1) is 7.82. The highest BCUT2D eigenvalue weighted by molar-refractivity contribution is 6.00. The Bertz CT molecular complexity index is 277. The third-order valence-electron chi connectivity index (χ3n) is 2.69. The van der Waals surface area contributed by atoms with Crippen LogP contribution in [0.4, 0.5) is 0 Å². The Morgan fingerprint density at radius 3 is 1.82 bits per heavy atom. The molecule has 0 aromatic rings. The second kappa shape index (κ2) is 8.15. The van der Waals surface area contributed by atoms with E-state index in [-0.39, 0.29) is 42.5 Å². The molecule has 0 N–H and O–H groups in total. The Balaban J connectivity index is 3.79. The first-order valence-electron chi connectivity index (χ1n) is 6.39. The molecular formula is C14H24O3. The largest absolute Gasteiger partial charge is 0.299 e. The van der Waals surface area contributed by atoms with Crippen molar-refractivity contribution < 1.29 is 14.4 Å². The van der Waals surface area contributed by atoms with E-state index in [0.717, 1.165) is 6.42 Å². The second-order valence-corrected chi connectivity index (χ2v) is 5.31. The summed E-state index contributed by atoms with van der Waals surface area (Å²) < 4.78 is 0. The van der Waals surface area contributed by atoms with Crippen LogP contribution in [0.15, 0.2) is 0 Å². The maximum absolute atomic E-state index is 11.5. The van der Waals surface area contributed by atoms with Gasteiger partial charge in [-0.3, -0.25) is 14.4 Å². The molecule has 0 saturated carbocycles. The summed E-state index contributed by atoms with van der Waals surface area (Å²) in [6.45, 7) is 7.74. The minimum atomic E-state index is -0.104. The zero-order chi connectivity index (χ0) is 13.4. The van der Waals surface area contributed by atoms with Gasteiger partial charge < -0.3 is 0 Å². The molecule has 98 valence electrons. The van der Waals surface area contributed by atoms with Crippen molar-refractivity contribution in [1.82, 2.24) is 0 Å². The van der Waals surface area contributed by atoms with Crippen molar-refractivity contribution in [2.24, 2.45) is 11.8 Å². The quantitative estimate of drug-likeness (QED) is 0.582. The number of hydrogen-bond acceptors (Lipinski definition) is 3. The van der Waals surface area contributed by atoms with E-state index in [4.69, 9.17) is 0 Å². The highest BCUT2D eigenvalue weighted by Crippen LogP contribution is 2.08. The van der Waals surface area contributed by atoms with Gasteiger partial charge in [0, 0.05) is 25.2 Å². The van der Waals surface area contributed by atoms with Gasteiger partial charge in [0.15, 0.2) is 0 Å². The Kier molecular flexibility index (Phi) is 7.68. The molecule has 0 unspecified atom stereocenters. The summed E-state index contributed by atoms with van der Waals surface area (Å²) in [5.41, 5.74) is 0. The van der Waals surface area contributed by atoms with Crippen molar-refractivity contribution in [2.75, 3.05) is 0 Å². The zero-order valence-corrected chi connectivity index (χ0v) is 11.4. The van der Waals surface area contributed by atoms with Crippen molar-refractivity contribution in [1.29, 1.82) is 0 Å². The summed E-state index contributed by atoms with van der Waals surface area (Å²) in [4.78, 5) is 34.2. The monoisotopic (exact) mass is 240 g/mol. The summed E-state index contributed by atoms with van der Waals surface area (Å²) in [5.74, 6) is 0.442. The Hall–Kier alpha value is -0.990. The average molecular weight is 240 g/mol. The first-order valence-corrected chi connectivity index (χ1v) is 6.39. The molecule has 0 fully saturated rings. The van der Waals surface area contributed by atoms with Crippen LogP contribution < -0.4 is 0 Å². The SMILES string of the molecule is CC(C)CCC(=O)CC(=O)CCC(=O)C(C)C. The first kappa shape index (κ1) is 16.0. The summed E-state index contributed by atoms with van der Waals surface area (Å²) in [6.07, 6.45) is 1.79. The Morgan fingerprint density at radius 1 is 0.824 bits per heavy atom. The van der Waals surface area contributed by atoms with Gasteiger partial charge in [0.25, 0.3) is 0 Å². The van der Waals surface area contributed by atoms with Crippen molar-refractivity contribution >= 4 is 17.3 Å². The fourth-order valence-corrected chi connectivity index (χ4v) is 1.40. The normalized spacial score (nSPS) is 10.9. The summed E-state index contributed by atoms with van der Waals surface area (Å²) in [7, 11) is 0. The van der Waals surface area contributed by atoms with Gasteiger partial charge in [0.2, 0.25) is 0 Å². The van der Waals surface area contributed by atoms with E-state index >= 15 is 0 Å². The number of hydrogen-bond donors (Lipinski definition) is 0. The van der Waals surface area contributed by atoms with Gasteiger partial charge in [-0.15, -0.1) is 0 Å². The van der Waals surface area contributed by atoms with Crippen molar-refractivity contribution in [3.05, 3.63) is 0 Å². The van der Waals surface area contributed by atoms with Gasteiger partial charge in [0.05, 0.1) is 6.42 Å². The van der Waals surface area contributed by atoms with E-state index in [1.807, 2.05) is 13.8 Å². The van der Waals surface area contributed by atoms with Gasteiger partial charge in [0.1, 0.15) is 17.3 Å². The molecule has 0 saturated heterocycles. The second-order valence-electron chi connectivity index (χ2n) is 5.31. The van der Waals surface area contributed by atoms with Crippen LogP contribution in [0.5, 0.6) is 0 Å². The summed E-state index contributed by atoms with van der Waals surface area (Å²) >= 11 is 0. The van der Waals surface area contributed by atoms with Gasteiger partial charge in [-0.1, -0.05) is 27.7 Å². The lowest BCUT2D eigenvalue weighted by Crippen LogP contribution is -2.12. The van der Waals surface area contributed by atoms with Crippen molar-refractivity contribution in [2.45, 2.75) is 59.8 Å². The van der Waals surface area contributed by atoms with Gasteiger partial charge in [-0.2, -0.15) is 0 Å². The van der Waals surface area contributed by atoms with Gasteiger partial charge in [-0.05, 0) is 12.3 Å². The molecule has 0 amide bonds. The van der Waals surface area contributed by atoms with Crippen LogP contribution >= 0.6 is 0 Å². The molecule has 0 aliphatic rings. The molecule has 0 spiro atoms. The van der Waals surface area contributed by atoms with Crippen LogP contribution in [0, 0.1) is 11.8 Å². The molecule has 0 bridgehead atoms. The number of carbonyl (C=O) groups is 3. The fourth-order valence-electron chi connectivity index (χ4n) is 1.40. The van der Waals surface area contributed by atoms with Crippen LogP contribution in [0.25, 0.3) is 0 Å². The minimum absolute atomic E-state index is 0.000644. The van der Waals surface area contributed by atoms with Gasteiger partial charge in [-0.25, -0.2) is 0 Å². The van der Waals surface area contributed by atoms with Crippen LogP contribution in [-0.4, -0.2) is 17.3 Å². The highest BCUT2D eigenvalue weighted by Gasteiger charge is 2.13. The molecule has 17 heavy (non-hydrogen) atoms. The maximum Gasteiger partial charge on any atom is 0.140 e. The number of rotatable bonds is 9. The Labute approximate surface area is 104 Å². The average Bonchev–Trinajstić information content (AvgIpc) is 2.22. The molecule has 0 aromatic carbocycles. The molecule has 0 aliphatic carbocycles. The minimum Gasteiger partial charge on any atom is -0.299 e. The third-order valence-corrected chi connectivity index (χ3v) is 2.69. The van der Waals surface area contributed by atoms with E-state index in [1.165, 1.54) is 0 Å². The predicted molar refractivity (Wildman–Crippen MR) is 67.8 cm³/mol. The van der Waals surface area contributed by atoms with Crippen molar-refractivity contribution in [3.8, 4) is 0 Å². The smallest absolute Gasteiger partial charge is 0.140 e. The van der Waals surface area contributed by atoms with Crippen molar-refractivity contribution in [3.63, 3.8) is 0 Å². The molecule has 0 heterocycles. The summed E-state index contributed by atoms with van der Waals surface area (Å²) in [6, 6.07) is 0. The molecule has 0 atom stereocenters. The van der Waals surface area contributed by atoms with Crippen LogP contribution in [0.3, 0.4) is 0 Å². The van der Waals surface area contributed by atoms with Crippen LogP contribution in [0.2, 0.25) is 0 Å². The van der Waals surface area contributed by atoms with E-state index in [1.54, 1.807) is 0 Å². The number of Topliss-reactive ketones (excluding diaryl/α,β-unsaturated/α-hetero) is 3. The summed E-state index contributed by atoms with van der Waals surface area (Å²) in [5, 5.41) is 0. The lowest BCUT2D eigenvalue weighted by molar-refractivity contribution is -0.129. The Morgan fingerprint density at radius 2 is 1.35 bits per heavy atom.